The van der Waals surface area contributed by atoms with Gasteiger partial charge < -0.3 is 10.2 Å². The largest absolute Gasteiger partial charge is 0.373 e. The molecule has 2 rings (SSSR count). The Labute approximate surface area is 84.4 Å². The van der Waals surface area contributed by atoms with Gasteiger partial charge >= 0.3 is 0 Å². The zero-order chi connectivity index (χ0) is 9.80. The molecule has 0 aromatic carbocycles. The van der Waals surface area contributed by atoms with E-state index in [0.29, 0.717) is 0 Å². The number of piperidine rings is 1. The second kappa shape index (κ2) is 4.26. The van der Waals surface area contributed by atoms with Gasteiger partial charge in [0.1, 0.15) is 18.0 Å². The van der Waals surface area contributed by atoms with Crippen LogP contribution in [0.2, 0.25) is 0 Å². The molecule has 0 amide bonds. The number of rotatable bonds is 2. The number of hydrogen-bond acceptors (Lipinski definition) is 4. The van der Waals surface area contributed by atoms with Crippen LogP contribution < -0.4 is 10.2 Å². The van der Waals surface area contributed by atoms with Gasteiger partial charge in [0, 0.05) is 26.2 Å². The van der Waals surface area contributed by atoms with Crippen molar-refractivity contribution in [2.45, 2.75) is 19.3 Å². The lowest BCUT2D eigenvalue weighted by atomic mass is 10.1. The van der Waals surface area contributed by atoms with Crippen LogP contribution in [0.4, 0.5) is 11.6 Å². The van der Waals surface area contributed by atoms with Crippen LogP contribution in [-0.2, 0) is 0 Å². The first kappa shape index (κ1) is 9.24. The van der Waals surface area contributed by atoms with E-state index in [9.17, 15) is 0 Å². The summed E-state index contributed by atoms with van der Waals surface area (Å²) in [6.07, 6.45) is 5.52. The lowest BCUT2D eigenvalue weighted by Gasteiger charge is -2.27. The molecule has 1 fully saturated rings. The quantitative estimate of drug-likeness (QED) is 0.771. The summed E-state index contributed by atoms with van der Waals surface area (Å²) in [6.45, 7) is 2.25. The molecule has 0 radical (unpaired) electrons. The summed E-state index contributed by atoms with van der Waals surface area (Å²) in [6, 6.07) is 2.01. The number of nitrogens with zero attached hydrogens (tertiary/aromatic N) is 3. The van der Waals surface area contributed by atoms with Gasteiger partial charge in [0.25, 0.3) is 0 Å². The first-order chi connectivity index (χ1) is 6.90. The molecule has 1 aromatic heterocycles. The molecule has 14 heavy (non-hydrogen) atoms. The van der Waals surface area contributed by atoms with E-state index in [2.05, 4.69) is 20.2 Å². The molecule has 4 nitrogen and oxygen atoms in total. The second-order valence-corrected chi connectivity index (χ2v) is 3.56. The lowest BCUT2D eigenvalue weighted by molar-refractivity contribution is 0.573. The highest BCUT2D eigenvalue weighted by Crippen LogP contribution is 2.18. The Hall–Kier alpha value is -1.32. The average Bonchev–Trinajstić information content (AvgIpc) is 2.30. The smallest absolute Gasteiger partial charge is 0.134 e. The lowest BCUT2D eigenvalue weighted by Crippen LogP contribution is -2.30. The molecule has 1 aliphatic heterocycles. The third-order valence-corrected chi connectivity index (χ3v) is 2.59. The maximum absolute atomic E-state index is 4.29. The summed E-state index contributed by atoms with van der Waals surface area (Å²) in [4.78, 5) is 10.7. The fraction of sp³-hybridized carbons (Fsp3) is 0.600. The molecule has 1 saturated heterocycles. The Balaban J connectivity index is 2.13. The van der Waals surface area contributed by atoms with Crippen LogP contribution in [0.15, 0.2) is 12.4 Å². The van der Waals surface area contributed by atoms with Crippen molar-refractivity contribution < 1.29 is 0 Å². The highest BCUT2D eigenvalue weighted by Gasteiger charge is 2.12. The Kier molecular flexibility index (Phi) is 2.81. The van der Waals surface area contributed by atoms with Crippen LogP contribution in [-0.4, -0.2) is 30.1 Å². The summed E-state index contributed by atoms with van der Waals surface area (Å²) in [5.41, 5.74) is 0. The third-order valence-electron chi connectivity index (χ3n) is 2.59. The fourth-order valence-corrected chi connectivity index (χ4v) is 1.78. The van der Waals surface area contributed by atoms with E-state index in [1.165, 1.54) is 19.3 Å². The molecule has 4 heteroatoms. The van der Waals surface area contributed by atoms with Gasteiger partial charge in [-0.05, 0) is 19.3 Å². The van der Waals surface area contributed by atoms with Crippen LogP contribution in [0.25, 0.3) is 0 Å². The first-order valence-corrected chi connectivity index (χ1v) is 5.15. The van der Waals surface area contributed by atoms with E-state index in [0.717, 1.165) is 24.7 Å². The van der Waals surface area contributed by atoms with E-state index in [4.69, 9.17) is 0 Å². The third kappa shape index (κ3) is 1.95. The van der Waals surface area contributed by atoms with Crippen molar-refractivity contribution >= 4 is 11.6 Å². The minimum atomic E-state index is 0.889. The predicted octanol–water partition coefficient (Wildman–Crippen LogP) is 1.51. The van der Waals surface area contributed by atoms with Gasteiger partial charge in [-0.3, -0.25) is 0 Å². The normalized spacial score (nSPS) is 16.8. The monoisotopic (exact) mass is 192 g/mol. The molecular weight excluding hydrogens is 176 g/mol. The number of anilines is 2. The Morgan fingerprint density at radius 2 is 2.00 bits per heavy atom. The van der Waals surface area contributed by atoms with Crippen LogP contribution in [0.3, 0.4) is 0 Å². The molecular formula is C10H16N4. The highest BCUT2D eigenvalue weighted by molar-refractivity contribution is 5.48. The van der Waals surface area contributed by atoms with Crippen molar-refractivity contribution in [3.63, 3.8) is 0 Å². The van der Waals surface area contributed by atoms with Crippen LogP contribution >= 0.6 is 0 Å². The van der Waals surface area contributed by atoms with Crippen molar-refractivity contribution in [3.8, 4) is 0 Å². The maximum Gasteiger partial charge on any atom is 0.134 e. The van der Waals surface area contributed by atoms with E-state index in [-0.39, 0.29) is 0 Å². The summed E-state index contributed by atoms with van der Waals surface area (Å²) < 4.78 is 0. The molecule has 1 aliphatic rings. The van der Waals surface area contributed by atoms with Gasteiger partial charge in [-0.15, -0.1) is 0 Å². The van der Waals surface area contributed by atoms with Gasteiger partial charge in [-0.2, -0.15) is 0 Å². The van der Waals surface area contributed by atoms with Gasteiger partial charge in [-0.1, -0.05) is 0 Å². The average molecular weight is 192 g/mol. The standard InChI is InChI=1S/C10H16N4/c1-11-9-7-10(13-8-12-9)14-5-3-2-4-6-14/h7-8H,2-6H2,1H3,(H,11,12,13). The minimum absolute atomic E-state index is 0.889. The van der Waals surface area contributed by atoms with Gasteiger partial charge in [0.15, 0.2) is 0 Å². The van der Waals surface area contributed by atoms with Crippen molar-refractivity contribution in [2.75, 3.05) is 30.4 Å². The Morgan fingerprint density at radius 3 is 2.71 bits per heavy atom. The molecule has 0 spiro atoms. The summed E-state index contributed by atoms with van der Waals surface area (Å²) >= 11 is 0. The topological polar surface area (TPSA) is 41.0 Å². The van der Waals surface area contributed by atoms with Crippen molar-refractivity contribution in [1.82, 2.24) is 9.97 Å². The zero-order valence-electron chi connectivity index (χ0n) is 8.53. The predicted molar refractivity (Wildman–Crippen MR) is 57.6 cm³/mol. The Bertz CT molecular complexity index is 294. The highest BCUT2D eigenvalue weighted by atomic mass is 15.2. The number of nitrogens with one attached hydrogen (secondary N) is 1. The first-order valence-electron chi connectivity index (χ1n) is 5.15. The molecule has 0 atom stereocenters. The molecule has 76 valence electrons. The molecule has 1 aromatic rings. The second-order valence-electron chi connectivity index (χ2n) is 3.56. The summed E-state index contributed by atoms with van der Waals surface area (Å²) in [5.74, 6) is 1.93. The SMILES string of the molecule is CNc1cc(N2CCCCC2)ncn1. The summed E-state index contributed by atoms with van der Waals surface area (Å²) in [7, 11) is 1.88. The number of aromatic nitrogens is 2. The van der Waals surface area contributed by atoms with Crippen LogP contribution in [0.1, 0.15) is 19.3 Å². The van der Waals surface area contributed by atoms with E-state index in [1.54, 1.807) is 6.33 Å². The van der Waals surface area contributed by atoms with Gasteiger partial charge in [-0.25, -0.2) is 9.97 Å². The Morgan fingerprint density at radius 1 is 1.21 bits per heavy atom. The van der Waals surface area contributed by atoms with Crippen molar-refractivity contribution in [2.24, 2.45) is 0 Å². The van der Waals surface area contributed by atoms with Crippen molar-refractivity contribution in [3.05, 3.63) is 12.4 Å². The van der Waals surface area contributed by atoms with Gasteiger partial charge in [0.2, 0.25) is 0 Å². The zero-order valence-corrected chi connectivity index (χ0v) is 8.53. The van der Waals surface area contributed by atoms with Crippen molar-refractivity contribution in [1.29, 1.82) is 0 Å². The van der Waals surface area contributed by atoms with Gasteiger partial charge in [0.05, 0.1) is 0 Å². The molecule has 0 aliphatic carbocycles. The molecule has 0 saturated carbocycles. The molecule has 0 bridgehead atoms. The van der Waals surface area contributed by atoms with E-state index < -0.39 is 0 Å². The van der Waals surface area contributed by atoms with Crippen LogP contribution in [0, 0.1) is 0 Å². The van der Waals surface area contributed by atoms with Crippen LogP contribution in [0.5, 0.6) is 0 Å². The maximum atomic E-state index is 4.29. The minimum Gasteiger partial charge on any atom is -0.373 e. The van der Waals surface area contributed by atoms with E-state index >= 15 is 0 Å². The molecule has 2 heterocycles. The fourth-order valence-electron chi connectivity index (χ4n) is 1.78. The summed E-state index contributed by atoms with van der Waals surface area (Å²) in [5, 5.41) is 3.03. The molecule has 1 N–H and O–H groups in total. The number of hydrogen-bond donors (Lipinski definition) is 1. The van der Waals surface area contributed by atoms with E-state index in [1.807, 2.05) is 13.1 Å². The molecule has 0 unspecified atom stereocenters.